The van der Waals surface area contributed by atoms with Crippen LogP contribution < -0.4 is 0 Å². The Hall–Kier alpha value is -2.48. The van der Waals surface area contributed by atoms with Crippen molar-refractivity contribution in [2.75, 3.05) is 45.8 Å². The van der Waals surface area contributed by atoms with Gasteiger partial charge in [0.2, 0.25) is 15.9 Å². The zero-order valence-electron chi connectivity index (χ0n) is 18.3. The van der Waals surface area contributed by atoms with E-state index in [4.69, 9.17) is 0 Å². The lowest BCUT2D eigenvalue weighted by Gasteiger charge is -2.38. The molecule has 0 radical (unpaired) electrons. The van der Waals surface area contributed by atoms with Gasteiger partial charge in [0.25, 0.3) is 0 Å². The Morgan fingerprint density at radius 2 is 1.44 bits per heavy atom. The van der Waals surface area contributed by atoms with Gasteiger partial charge in [-0.3, -0.25) is 9.69 Å². The number of rotatable bonds is 6. The van der Waals surface area contributed by atoms with Crippen LogP contribution in [0.25, 0.3) is 6.08 Å². The molecule has 0 unspecified atom stereocenters. The van der Waals surface area contributed by atoms with E-state index in [0.29, 0.717) is 30.8 Å². The highest BCUT2D eigenvalue weighted by molar-refractivity contribution is 7.89. The Morgan fingerprint density at radius 3 is 2.06 bits per heavy atom. The molecule has 0 aromatic heterocycles. The van der Waals surface area contributed by atoms with Gasteiger partial charge >= 0.3 is 0 Å². The van der Waals surface area contributed by atoms with Gasteiger partial charge in [-0.2, -0.15) is 4.31 Å². The van der Waals surface area contributed by atoms with E-state index in [9.17, 15) is 13.2 Å². The topological polar surface area (TPSA) is 60.9 Å². The van der Waals surface area contributed by atoms with Crippen molar-refractivity contribution in [3.63, 3.8) is 0 Å². The maximum Gasteiger partial charge on any atom is 0.243 e. The van der Waals surface area contributed by atoms with Crippen LogP contribution in [0.15, 0.2) is 71.6 Å². The standard InChI is InChI=1S/C25H31N3O3S/c29-25(23-13-16-28(17-14-23)32(30,31)24-11-5-2-6-12-24)27-20-18-26(19-21-27)15-7-10-22-8-3-1-4-9-22/h1-12,23H,13-21H2/b10-7+. The minimum atomic E-state index is -3.48. The molecule has 2 aromatic carbocycles. The molecule has 4 rings (SSSR count). The van der Waals surface area contributed by atoms with Gasteiger partial charge in [0.05, 0.1) is 4.90 Å². The largest absolute Gasteiger partial charge is 0.340 e. The second kappa shape index (κ2) is 10.4. The van der Waals surface area contributed by atoms with Crippen LogP contribution in [0.2, 0.25) is 0 Å². The van der Waals surface area contributed by atoms with E-state index in [-0.39, 0.29) is 11.8 Å². The molecule has 6 nitrogen and oxygen atoms in total. The smallest absolute Gasteiger partial charge is 0.243 e. The molecule has 2 aromatic rings. The van der Waals surface area contributed by atoms with Crippen LogP contribution in [0.3, 0.4) is 0 Å². The first-order chi connectivity index (χ1) is 15.5. The lowest BCUT2D eigenvalue weighted by atomic mass is 9.96. The summed E-state index contributed by atoms with van der Waals surface area (Å²) in [5, 5.41) is 0. The average molecular weight is 454 g/mol. The molecule has 0 bridgehead atoms. The van der Waals surface area contributed by atoms with Crippen LogP contribution in [0.4, 0.5) is 0 Å². The maximum atomic E-state index is 13.0. The molecule has 2 fully saturated rings. The summed E-state index contributed by atoms with van der Waals surface area (Å²) >= 11 is 0. The normalized spacial score (nSPS) is 19.4. The Labute approximate surface area is 191 Å². The van der Waals surface area contributed by atoms with E-state index in [1.165, 1.54) is 9.87 Å². The Morgan fingerprint density at radius 1 is 0.844 bits per heavy atom. The first kappa shape index (κ1) is 22.7. The summed E-state index contributed by atoms with van der Waals surface area (Å²) in [5.41, 5.74) is 1.20. The molecule has 32 heavy (non-hydrogen) atoms. The van der Waals surface area contributed by atoms with E-state index in [1.807, 2.05) is 29.2 Å². The summed E-state index contributed by atoms with van der Waals surface area (Å²) in [6.07, 6.45) is 5.49. The molecule has 1 amide bonds. The first-order valence-electron chi connectivity index (χ1n) is 11.3. The van der Waals surface area contributed by atoms with Crippen molar-refractivity contribution in [3.05, 3.63) is 72.3 Å². The van der Waals surface area contributed by atoms with Crippen molar-refractivity contribution < 1.29 is 13.2 Å². The molecule has 2 aliphatic heterocycles. The number of nitrogens with zero attached hydrogens (tertiary/aromatic N) is 3. The van der Waals surface area contributed by atoms with Crippen molar-refractivity contribution in [1.29, 1.82) is 0 Å². The quantitative estimate of drug-likeness (QED) is 0.675. The zero-order chi connectivity index (χ0) is 22.4. The van der Waals surface area contributed by atoms with Crippen LogP contribution in [-0.4, -0.2) is 74.2 Å². The summed E-state index contributed by atoms with van der Waals surface area (Å²) in [6, 6.07) is 18.8. The third-order valence-corrected chi connectivity index (χ3v) is 8.25. The Bertz CT molecular complexity index is 1010. The fraction of sp³-hybridized carbons (Fsp3) is 0.400. The van der Waals surface area contributed by atoms with Crippen molar-refractivity contribution in [2.24, 2.45) is 5.92 Å². The van der Waals surface area contributed by atoms with Gasteiger partial charge in [-0.25, -0.2) is 8.42 Å². The second-order valence-corrected chi connectivity index (χ2v) is 10.4. The minimum Gasteiger partial charge on any atom is -0.340 e. The lowest BCUT2D eigenvalue weighted by Crippen LogP contribution is -2.51. The van der Waals surface area contributed by atoms with Gasteiger partial charge in [-0.15, -0.1) is 0 Å². The molecular formula is C25H31N3O3S. The monoisotopic (exact) mass is 453 g/mol. The number of benzene rings is 2. The third-order valence-electron chi connectivity index (χ3n) is 6.34. The highest BCUT2D eigenvalue weighted by Gasteiger charge is 2.34. The summed E-state index contributed by atoms with van der Waals surface area (Å²) in [4.78, 5) is 17.7. The first-order valence-corrected chi connectivity index (χ1v) is 12.8. The van der Waals surface area contributed by atoms with Crippen LogP contribution in [0.1, 0.15) is 18.4 Å². The van der Waals surface area contributed by atoms with Gasteiger partial charge in [0, 0.05) is 51.7 Å². The van der Waals surface area contributed by atoms with Gasteiger partial charge in [0.1, 0.15) is 0 Å². The Balaban J connectivity index is 1.23. The molecule has 0 spiro atoms. The van der Waals surface area contributed by atoms with Crippen LogP contribution >= 0.6 is 0 Å². The molecule has 0 atom stereocenters. The van der Waals surface area contributed by atoms with E-state index in [1.54, 1.807) is 24.3 Å². The molecule has 170 valence electrons. The predicted molar refractivity (Wildman–Crippen MR) is 126 cm³/mol. The summed E-state index contributed by atoms with van der Waals surface area (Å²) in [7, 11) is -3.48. The van der Waals surface area contributed by atoms with Crippen LogP contribution in [-0.2, 0) is 14.8 Å². The Kier molecular flexibility index (Phi) is 7.40. The molecule has 0 saturated carbocycles. The predicted octanol–water partition coefficient (Wildman–Crippen LogP) is 2.94. The number of carbonyl (C=O) groups is 1. The molecule has 2 saturated heterocycles. The van der Waals surface area contributed by atoms with E-state index in [2.05, 4.69) is 29.2 Å². The fourth-order valence-corrected chi connectivity index (χ4v) is 5.89. The highest BCUT2D eigenvalue weighted by atomic mass is 32.2. The van der Waals surface area contributed by atoms with Crippen LogP contribution in [0.5, 0.6) is 0 Å². The number of piperidine rings is 1. The van der Waals surface area contributed by atoms with E-state index in [0.717, 1.165) is 32.7 Å². The summed E-state index contributed by atoms with van der Waals surface area (Å²) in [6.45, 7) is 4.89. The number of hydrogen-bond donors (Lipinski definition) is 0. The lowest BCUT2D eigenvalue weighted by molar-refractivity contribution is -0.138. The van der Waals surface area contributed by atoms with Gasteiger partial charge in [0.15, 0.2) is 0 Å². The summed E-state index contributed by atoms with van der Waals surface area (Å²) < 4.78 is 27.1. The van der Waals surface area contributed by atoms with E-state index >= 15 is 0 Å². The number of amides is 1. The molecule has 2 aliphatic rings. The number of hydrogen-bond acceptors (Lipinski definition) is 4. The van der Waals surface area contributed by atoms with E-state index < -0.39 is 10.0 Å². The fourth-order valence-electron chi connectivity index (χ4n) is 4.40. The van der Waals surface area contributed by atoms with Gasteiger partial charge in [-0.1, -0.05) is 60.7 Å². The molecule has 7 heteroatoms. The average Bonchev–Trinajstić information content (AvgIpc) is 2.85. The summed E-state index contributed by atoms with van der Waals surface area (Å²) in [5.74, 6) is 0.1000. The molecule has 0 N–H and O–H groups in total. The minimum absolute atomic E-state index is 0.0817. The molecule has 2 heterocycles. The number of sulfonamides is 1. The van der Waals surface area contributed by atoms with Crippen molar-refractivity contribution in [1.82, 2.24) is 14.1 Å². The highest BCUT2D eigenvalue weighted by Crippen LogP contribution is 2.25. The van der Waals surface area contributed by atoms with Crippen LogP contribution in [0, 0.1) is 5.92 Å². The molecule has 0 aliphatic carbocycles. The molecular weight excluding hydrogens is 422 g/mol. The van der Waals surface area contributed by atoms with Gasteiger partial charge < -0.3 is 4.90 Å². The van der Waals surface area contributed by atoms with Crippen molar-refractivity contribution in [3.8, 4) is 0 Å². The van der Waals surface area contributed by atoms with Gasteiger partial charge in [-0.05, 0) is 30.5 Å². The third kappa shape index (κ3) is 5.46. The second-order valence-electron chi connectivity index (χ2n) is 8.43. The zero-order valence-corrected chi connectivity index (χ0v) is 19.2. The SMILES string of the molecule is O=C(C1CCN(S(=O)(=O)c2ccccc2)CC1)N1CCN(C/C=C/c2ccccc2)CC1. The van der Waals surface area contributed by atoms with Crippen molar-refractivity contribution in [2.45, 2.75) is 17.7 Å². The maximum absolute atomic E-state index is 13.0. The number of piperazine rings is 1. The van der Waals surface area contributed by atoms with Crippen molar-refractivity contribution >= 4 is 22.0 Å². The number of carbonyl (C=O) groups excluding carboxylic acids is 1.